The van der Waals surface area contributed by atoms with Gasteiger partial charge in [-0.3, -0.25) is 4.72 Å². The Kier molecular flexibility index (Phi) is 8.35. The zero-order chi connectivity index (χ0) is 21.7. The summed E-state index contributed by atoms with van der Waals surface area (Å²) in [6.07, 6.45) is 4.43. The summed E-state index contributed by atoms with van der Waals surface area (Å²) in [6.45, 7) is 7.62. The number of rotatable bonds is 11. The highest BCUT2D eigenvalue weighted by Gasteiger charge is 2.25. The molecule has 162 valence electrons. The molecule has 29 heavy (non-hydrogen) atoms. The summed E-state index contributed by atoms with van der Waals surface area (Å²) in [5, 5.41) is 3.48. The lowest BCUT2D eigenvalue weighted by Crippen LogP contribution is -2.36. The highest BCUT2D eigenvalue weighted by atomic mass is 79.9. The molecule has 2 rings (SSSR count). The maximum Gasteiger partial charge on any atom is 0.265 e. The lowest BCUT2D eigenvalue weighted by Gasteiger charge is -2.32. The molecule has 0 amide bonds. The van der Waals surface area contributed by atoms with E-state index in [1.54, 1.807) is 0 Å². The SMILES string of the molecule is CC(N)C(CNc1ncc(S(=O)(=O)Nc2ncns2)cc1Br)CC(C)(C)CCN. The molecule has 2 unspecified atom stereocenters. The van der Waals surface area contributed by atoms with Crippen molar-refractivity contribution in [3.63, 3.8) is 0 Å². The van der Waals surface area contributed by atoms with Crippen molar-refractivity contribution in [2.75, 3.05) is 23.1 Å². The number of hydrogen-bond donors (Lipinski definition) is 4. The lowest BCUT2D eigenvalue weighted by atomic mass is 9.78. The Morgan fingerprint density at radius 2 is 2.07 bits per heavy atom. The van der Waals surface area contributed by atoms with E-state index in [1.165, 1.54) is 18.6 Å². The Morgan fingerprint density at radius 1 is 1.34 bits per heavy atom. The van der Waals surface area contributed by atoms with Crippen LogP contribution in [0.3, 0.4) is 0 Å². The van der Waals surface area contributed by atoms with Gasteiger partial charge in [0.15, 0.2) is 0 Å². The van der Waals surface area contributed by atoms with Gasteiger partial charge in [0.05, 0.1) is 4.47 Å². The van der Waals surface area contributed by atoms with Crippen LogP contribution < -0.4 is 21.5 Å². The van der Waals surface area contributed by atoms with Crippen LogP contribution in [0.4, 0.5) is 10.9 Å². The van der Waals surface area contributed by atoms with Crippen molar-refractivity contribution in [3.8, 4) is 0 Å². The van der Waals surface area contributed by atoms with E-state index in [1.807, 2.05) is 6.92 Å². The average molecular weight is 506 g/mol. The van der Waals surface area contributed by atoms with Crippen molar-refractivity contribution in [1.29, 1.82) is 0 Å². The fourth-order valence-electron chi connectivity index (χ4n) is 2.96. The fourth-order valence-corrected chi connectivity index (χ4v) is 5.24. The van der Waals surface area contributed by atoms with Gasteiger partial charge in [0.25, 0.3) is 10.0 Å². The van der Waals surface area contributed by atoms with Gasteiger partial charge in [0, 0.05) is 30.3 Å². The van der Waals surface area contributed by atoms with Gasteiger partial charge in [-0.05, 0) is 59.6 Å². The van der Waals surface area contributed by atoms with Gasteiger partial charge in [-0.25, -0.2) is 18.4 Å². The highest BCUT2D eigenvalue weighted by molar-refractivity contribution is 9.10. The maximum absolute atomic E-state index is 12.5. The monoisotopic (exact) mass is 505 g/mol. The van der Waals surface area contributed by atoms with E-state index < -0.39 is 10.0 Å². The molecule has 0 spiro atoms. The van der Waals surface area contributed by atoms with Crippen molar-refractivity contribution in [1.82, 2.24) is 14.3 Å². The lowest BCUT2D eigenvalue weighted by molar-refractivity contribution is 0.239. The molecule has 0 aliphatic heterocycles. The van der Waals surface area contributed by atoms with E-state index in [4.69, 9.17) is 11.5 Å². The molecule has 0 bridgehead atoms. The second-order valence-corrected chi connectivity index (χ2v) is 11.1. The molecule has 0 aliphatic rings. The zero-order valence-electron chi connectivity index (χ0n) is 16.7. The summed E-state index contributed by atoms with van der Waals surface area (Å²) in [7, 11) is -3.79. The molecule has 0 aromatic carbocycles. The smallest absolute Gasteiger partial charge is 0.265 e. The predicted molar refractivity (Wildman–Crippen MR) is 120 cm³/mol. The third-order valence-corrected chi connectivity index (χ3v) is 7.24. The third kappa shape index (κ3) is 7.14. The largest absolute Gasteiger partial charge is 0.369 e. The van der Waals surface area contributed by atoms with E-state index >= 15 is 0 Å². The van der Waals surface area contributed by atoms with E-state index in [0.717, 1.165) is 24.4 Å². The van der Waals surface area contributed by atoms with E-state index in [9.17, 15) is 8.42 Å². The number of aromatic nitrogens is 3. The minimum absolute atomic E-state index is 0.00548. The molecule has 12 heteroatoms. The van der Waals surface area contributed by atoms with Gasteiger partial charge < -0.3 is 16.8 Å². The van der Waals surface area contributed by atoms with Crippen molar-refractivity contribution in [2.45, 2.75) is 44.6 Å². The Labute approximate surface area is 184 Å². The third-order valence-electron chi connectivity index (χ3n) is 4.62. The first-order valence-corrected chi connectivity index (χ1v) is 12.2. The van der Waals surface area contributed by atoms with E-state index in [2.05, 4.69) is 54.2 Å². The van der Waals surface area contributed by atoms with Crippen LogP contribution in [-0.2, 0) is 10.0 Å². The number of nitrogens with zero attached hydrogens (tertiary/aromatic N) is 3. The minimum atomic E-state index is -3.79. The first-order chi connectivity index (χ1) is 13.5. The summed E-state index contributed by atoms with van der Waals surface area (Å²) < 4.78 is 31.6. The molecule has 9 nitrogen and oxygen atoms in total. The summed E-state index contributed by atoms with van der Waals surface area (Å²) in [5.74, 6) is 0.773. The van der Waals surface area contributed by atoms with Crippen LogP contribution in [0, 0.1) is 11.3 Å². The molecule has 2 aromatic heterocycles. The standard InChI is InChI=1S/C17H28BrN7O2S2/c1-11(20)12(7-17(2,3)4-5-19)8-21-15-14(18)6-13(9-22-15)29(26,27)25-16-23-10-24-28-16/h6,9-12H,4-5,7-8,19-20H2,1-3H3,(H,21,22)(H,23,24,25). The van der Waals surface area contributed by atoms with Crippen LogP contribution in [0.5, 0.6) is 0 Å². The van der Waals surface area contributed by atoms with Gasteiger partial charge in [-0.1, -0.05) is 13.8 Å². The Bertz CT molecular complexity index is 889. The molecule has 2 atom stereocenters. The molecule has 0 aliphatic carbocycles. The van der Waals surface area contributed by atoms with Crippen molar-refractivity contribution in [3.05, 3.63) is 23.1 Å². The van der Waals surface area contributed by atoms with Crippen molar-refractivity contribution >= 4 is 48.4 Å². The molecular weight excluding hydrogens is 478 g/mol. The number of halogens is 1. The fraction of sp³-hybridized carbons (Fsp3) is 0.588. The zero-order valence-corrected chi connectivity index (χ0v) is 19.9. The minimum Gasteiger partial charge on any atom is -0.369 e. The number of sulfonamides is 1. The normalized spacial score (nSPS) is 14.4. The molecule has 0 saturated heterocycles. The van der Waals surface area contributed by atoms with E-state index in [0.29, 0.717) is 23.4 Å². The molecule has 2 heterocycles. The number of nitrogens with one attached hydrogen (secondary N) is 2. The quantitative estimate of drug-likeness (QED) is 0.363. The molecule has 6 N–H and O–H groups in total. The van der Waals surface area contributed by atoms with Crippen LogP contribution in [-0.4, -0.2) is 41.9 Å². The van der Waals surface area contributed by atoms with Gasteiger partial charge in [0.2, 0.25) is 5.13 Å². The van der Waals surface area contributed by atoms with Crippen LogP contribution in [0.2, 0.25) is 0 Å². The topological polar surface area (TPSA) is 149 Å². The van der Waals surface area contributed by atoms with Crippen LogP contribution >= 0.6 is 27.5 Å². The Morgan fingerprint density at radius 3 is 2.62 bits per heavy atom. The Balaban J connectivity index is 2.07. The maximum atomic E-state index is 12.5. The molecule has 0 radical (unpaired) electrons. The highest BCUT2D eigenvalue weighted by Crippen LogP contribution is 2.31. The number of anilines is 2. The molecule has 0 saturated carbocycles. The molecule has 0 fully saturated rings. The summed E-state index contributed by atoms with van der Waals surface area (Å²) in [4.78, 5) is 8.12. The number of hydrogen-bond acceptors (Lipinski definition) is 9. The van der Waals surface area contributed by atoms with Crippen molar-refractivity contribution < 1.29 is 8.42 Å². The molecule has 2 aromatic rings. The predicted octanol–water partition coefficient (Wildman–Crippen LogP) is 2.64. The second-order valence-electron chi connectivity index (χ2n) is 7.76. The van der Waals surface area contributed by atoms with Gasteiger partial charge in [0.1, 0.15) is 17.0 Å². The second kappa shape index (κ2) is 10.1. The van der Waals surface area contributed by atoms with Crippen LogP contribution in [0.25, 0.3) is 0 Å². The summed E-state index contributed by atoms with van der Waals surface area (Å²) >= 11 is 4.36. The Hall–Kier alpha value is -1.34. The number of nitrogens with two attached hydrogens (primary N) is 2. The first kappa shape index (κ1) is 23.9. The van der Waals surface area contributed by atoms with Crippen LogP contribution in [0.1, 0.15) is 33.6 Å². The van der Waals surface area contributed by atoms with Gasteiger partial charge >= 0.3 is 0 Å². The molecular formula is C17H28BrN7O2S2. The summed E-state index contributed by atoms with van der Waals surface area (Å²) in [5.41, 5.74) is 12.0. The van der Waals surface area contributed by atoms with Crippen molar-refractivity contribution in [2.24, 2.45) is 22.8 Å². The first-order valence-electron chi connectivity index (χ1n) is 9.18. The average Bonchev–Trinajstić information content (AvgIpc) is 3.11. The van der Waals surface area contributed by atoms with E-state index in [-0.39, 0.29) is 27.4 Å². The van der Waals surface area contributed by atoms with Gasteiger partial charge in [-0.2, -0.15) is 4.37 Å². The van der Waals surface area contributed by atoms with Gasteiger partial charge in [-0.15, -0.1) is 0 Å². The number of pyridine rings is 1. The summed E-state index contributed by atoms with van der Waals surface area (Å²) in [6, 6.07) is 1.49. The van der Waals surface area contributed by atoms with Crippen LogP contribution in [0.15, 0.2) is 28.0 Å².